The molecule has 9 nitrogen and oxygen atoms in total. The van der Waals surface area contributed by atoms with Crippen molar-refractivity contribution in [2.75, 3.05) is 25.1 Å². The summed E-state index contributed by atoms with van der Waals surface area (Å²) in [5.41, 5.74) is 3.66. The predicted molar refractivity (Wildman–Crippen MR) is 118 cm³/mol. The number of aromatic nitrogens is 2. The maximum atomic E-state index is 11.9. The third-order valence-electron chi connectivity index (χ3n) is 4.53. The van der Waals surface area contributed by atoms with E-state index in [0.29, 0.717) is 12.4 Å². The summed E-state index contributed by atoms with van der Waals surface area (Å²) in [4.78, 5) is 32.3. The summed E-state index contributed by atoms with van der Waals surface area (Å²) in [5, 5.41) is 18.5. The topological polar surface area (TPSA) is 125 Å². The normalized spacial score (nSPS) is 10.5. The van der Waals surface area contributed by atoms with E-state index in [1.807, 2.05) is 44.2 Å². The molecular formula is C22H25N5O4. The molecule has 9 heteroatoms. The molecule has 0 fully saturated rings. The minimum absolute atomic E-state index is 0.0661. The fourth-order valence-corrected chi connectivity index (χ4v) is 3.16. The molecule has 0 aliphatic heterocycles. The largest absolute Gasteiger partial charge is 0.447 e. The molecule has 2 heterocycles. The summed E-state index contributed by atoms with van der Waals surface area (Å²) in [6.07, 6.45) is 2.81. The molecule has 0 atom stereocenters. The van der Waals surface area contributed by atoms with Crippen LogP contribution in [0.25, 0.3) is 21.9 Å². The van der Waals surface area contributed by atoms with E-state index in [2.05, 4.69) is 25.9 Å². The highest BCUT2D eigenvalue weighted by Gasteiger charge is 2.12. The summed E-state index contributed by atoms with van der Waals surface area (Å²) >= 11 is 0. The Bertz CT molecular complexity index is 1090. The highest BCUT2D eigenvalue weighted by Crippen LogP contribution is 2.32. The Morgan fingerprint density at radius 3 is 2.68 bits per heavy atom. The van der Waals surface area contributed by atoms with Crippen LogP contribution in [0.4, 0.5) is 15.4 Å². The summed E-state index contributed by atoms with van der Waals surface area (Å²) in [6, 6.07) is 9.25. The quantitative estimate of drug-likeness (QED) is 0.463. The molecule has 3 rings (SSSR count). The number of urea groups is 1. The summed E-state index contributed by atoms with van der Waals surface area (Å²) in [7, 11) is 0. The predicted octanol–water partition coefficient (Wildman–Crippen LogP) is 2.97. The molecule has 0 aliphatic rings. The number of pyridine rings is 2. The van der Waals surface area contributed by atoms with Gasteiger partial charge >= 0.3 is 12.1 Å². The summed E-state index contributed by atoms with van der Waals surface area (Å²) in [6.45, 7) is 4.18. The minimum atomic E-state index is -0.612. The van der Waals surface area contributed by atoms with Gasteiger partial charge in [-0.1, -0.05) is 12.1 Å². The molecule has 0 saturated carbocycles. The Labute approximate surface area is 179 Å². The number of carbonyl (C=O) groups excluding carboxylic acids is 2. The van der Waals surface area contributed by atoms with Gasteiger partial charge in [0.1, 0.15) is 12.4 Å². The monoisotopic (exact) mass is 423 g/mol. The van der Waals surface area contributed by atoms with Crippen LogP contribution in [0.5, 0.6) is 0 Å². The minimum Gasteiger partial charge on any atom is -0.447 e. The average molecular weight is 423 g/mol. The van der Waals surface area contributed by atoms with Crippen molar-refractivity contribution in [2.45, 2.75) is 20.4 Å². The van der Waals surface area contributed by atoms with Gasteiger partial charge in [0.15, 0.2) is 0 Å². The van der Waals surface area contributed by atoms with Crippen molar-refractivity contribution in [3.8, 4) is 11.1 Å². The maximum absolute atomic E-state index is 11.9. The van der Waals surface area contributed by atoms with Crippen molar-refractivity contribution in [3.05, 3.63) is 54.0 Å². The van der Waals surface area contributed by atoms with Gasteiger partial charge in [-0.3, -0.25) is 10.3 Å². The Morgan fingerprint density at radius 1 is 1.10 bits per heavy atom. The molecule has 0 saturated heterocycles. The number of benzene rings is 1. The van der Waals surface area contributed by atoms with Crippen LogP contribution in [0, 0.1) is 6.92 Å². The Morgan fingerprint density at radius 2 is 1.94 bits per heavy atom. The zero-order valence-corrected chi connectivity index (χ0v) is 17.4. The third kappa shape index (κ3) is 5.67. The number of anilines is 1. The number of nitrogens with one attached hydrogen (secondary N) is 3. The highest BCUT2D eigenvalue weighted by molar-refractivity contribution is 6.01. The van der Waals surface area contributed by atoms with Crippen molar-refractivity contribution >= 4 is 28.7 Å². The number of amides is 3. The second kappa shape index (κ2) is 10.4. The molecule has 0 aliphatic carbocycles. The van der Waals surface area contributed by atoms with Gasteiger partial charge in [0, 0.05) is 36.6 Å². The number of nitrogens with zero attached hydrogens (tertiary/aromatic N) is 2. The van der Waals surface area contributed by atoms with Crippen molar-refractivity contribution in [3.63, 3.8) is 0 Å². The van der Waals surface area contributed by atoms with E-state index >= 15 is 0 Å². The lowest BCUT2D eigenvalue weighted by Crippen LogP contribution is -2.28. The van der Waals surface area contributed by atoms with Crippen LogP contribution in [0.15, 0.2) is 42.7 Å². The number of carbonyl (C=O) groups is 2. The second-order valence-electron chi connectivity index (χ2n) is 6.77. The maximum Gasteiger partial charge on any atom is 0.407 e. The van der Waals surface area contributed by atoms with Gasteiger partial charge in [-0.25, -0.2) is 14.6 Å². The first kappa shape index (κ1) is 22.0. The molecule has 31 heavy (non-hydrogen) atoms. The zero-order chi connectivity index (χ0) is 22.2. The lowest BCUT2D eigenvalue weighted by molar-refractivity contribution is 0.119. The molecule has 0 unspecified atom stereocenters. The van der Waals surface area contributed by atoms with Gasteiger partial charge in [0.2, 0.25) is 0 Å². The fraction of sp³-hybridized carbons (Fsp3) is 0.273. The van der Waals surface area contributed by atoms with E-state index in [9.17, 15) is 9.59 Å². The number of aryl methyl sites for hydroxylation is 1. The SMILES string of the molecule is CCNC(=O)Nc1cc2c(-c3ccnc(C)c3)ccc(CNC(=O)OCCO)c2cn1. The van der Waals surface area contributed by atoms with Crippen LogP contribution in [-0.2, 0) is 11.3 Å². The molecule has 1 aromatic carbocycles. The standard InChI is InChI=1S/C22H25N5O4/c1-3-23-21(29)27-20-11-18-17(15-6-7-24-14(2)10-15)5-4-16(19(18)13-25-20)12-26-22(30)31-9-8-28/h4-7,10-11,13,28H,3,8-9,12H2,1-2H3,(H,26,30)(H2,23,25,27,29). The Hall–Kier alpha value is -3.72. The molecule has 4 N–H and O–H groups in total. The molecule has 2 aromatic heterocycles. The number of aliphatic hydroxyl groups is 1. The Kier molecular flexibility index (Phi) is 7.34. The Balaban J connectivity index is 2.00. The third-order valence-corrected chi connectivity index (χ3v) is 4.53. The number of alkyl carbamates (subject to hydrolysis) is 1. The average Bonchev–Trinajstić information content (AvgIpc) is 2.76. The number of hydrogen-bond donors (Lipinski definition) is 4. The smallest absolute Gasteiger partial charge is 0.407 e. The molecule has 3 aromatic rings. The first-order valence-electron chi connectivity index (χ1n) is 9.92. The highest BCUT2D eigenvalue weighted by atomic mass is 16.6. The van der Waals surface area contributed by atoms with Gasteiger partial charge in [-0.15, -0.1) is 0 Å². The lowest BCUT2D eigenvalue weighted by Gasteiger charge is -2.14. The summed E-state index contributed by atoms with van der Waals surface area (Å²) < 4.78 is 4.84. The van der Waals surface area contributed by atoms with Crippen LogP contribution in [0.3, 0.4) is 0 Å². The lowest BCUT2D eigenvalue weighted by atomic mass is 9.96. The number of hydrogen-bond acceptors (Lipinski definition) is 6. The molecule has 3 amide bonds. The first-order valence-corrected chi connectivity index (χ1v) is 9.92. The second-order valence-corrected chi connectivity index (χ2v) is 6.77. The number of aliphatic hydroxyl groups excluding tert-OH is 1. The van der Waals surface area contributed by atoms with Gasteiger partial charge in [0.25, 0.3) is 0 Å². The van der Waals surface area contributed by atoms with E-state index in [4.69, 9.17) is 9.84 Å². The van der Waals surface area contributed by atoms with Gasteiger partial charge in [0.05, 0.1) is 6.61 Å². The molecule has 162 valence electrons. The molecular weight excluding hydrogens is 398 g/mol. The van der Waals surface area contributed by atoms with Crippen LogP contribution in [-0.4, -0.2) is 47.0 Å². The van der Waals surface area contributed by atoms with Crippen molar-refractivity contribution in [1.29, 1.82) is 0 Å². The number of ether oxygens (including phenoxy) is 1. The summed E-state index contributed by atoms with van der Waals surface area (Å²) in [5.74, 6) is 0.415. The number of fused-ring (bicyclic) bond motifs is 1. The zero-order valence-electron chi connectivity index (χ0n) is 17.4. The first-order chi connectivity index (χ1) is 15.0. The fourth-order valence-electron chi connectivity index (χ4n) is 3.16. The van der Waals surface area contributed by atoms with Crippen LogP contribution in [0.1, 0.15) is 18.2 Å². The van der Waals surface area contributed by atoms with Crippen molar-refractivity contribution in [2.24, 2.45) is 0 Å². The van der Waals surface area contributed by atoms with Gasteiger partial charge in [-0.05, 0) is 54.1 Å². The van der Waals surface area contributed by atoms with E-state index in [0.717, 1.165) is 33.2 Å². The van der Waals surface area contributed by atoms with Crippen molar-refractivity contribution < 1.29 is 19.4 Å². The van der Waals surface area contributed by atoms with Crippen molar-refractivity contribution in [1.82, 2.24) is 20.6 Å². The molecule has 0 spiro atoms. The van der Waals surface area contributed by atoms with Gasteiger partial charge < -0.3 is 20.5 Å². The van der Waals surface area contributed by atoms with Gasteiger partial charge in [-0.2, -0.15) is 0 Å². The van der Waals surface area contributed by atoms with Crippen LogP contribution >= 0.6 is 0 Å². The van der Waals surface area contributed by atoms with E-state index in [-0.39, 0.29) is 25.8 Å². The molecule has 0 radical (unpaired) electrons. The van der Waals surface area contributed by atoms with E-state index < -0.39 is 6.09 Å². The van der Waals surface area contributed by atoms with Crippen LogP contribution in [0.2, 0.25) is 0 Å². The van der Waals surface area contributed by atoms with Crippen LogP contribution < -0.4 is 16.0 Å². The molecule has 0 bridgehead atoms. The number of rotatable bonds is 7. The van der Waals surface area contributed by atoms with E-state index in [1.54, 1.807) is 12.4 Å². The van der Waals surface area contributed by atoms with E-state index in [1.165, 1.54) is 0 Å².